The number of carbonyl (C=O) groups is 1. The van der Waals surface area contributed by atoms with Crippen molar-refractivity contribution in [1.82, 2.24) is 0 Å². The van der Waals surface area contributed by atoms with Crippen LogP contribution in [-0.2, 0) is 4.79 Å². The summed E-state index contributed by atoms with van der Waals surface area (Å²) in [6.07, 6.45) is 4.79. The molecule has 1 aliphatic rings. The van der Waals surface area contributed by atoms with Gasteiger partial charge in [-0.2, -0.15) is 21.4 Å². The van der Waals surface area contributed by atoms with Crippen LogP contribution < -0.4 is 5.73 Å². The van der Waals surface area contributed by atoms with Gasteiger partial charge >= 0.3 is 5.92 Å². The number of ketones is 1. The molecule has 112 valence electrons. The van der Waals surface area contributed by atoms with Gasteiger partial charge in [-0.05, 0) is 30.6 Å². The minimum absolute atomic E-state index is 0.295. The average Bonchev–Trinajstić information content (AvgIpc) is 2.38. The first-order valence-electron chi connectivity index (χ1n) is 7.08. The van der Waals surface area contributed by atoms with Crippen molar-refractivity contribution in [2.45, 2.75) is 57.9 Å². The molecule has 3 atom stereocenters. The van der Waals surface area contributed by atoms with Crippen LogP contribution in [0.15, 0.2) is 0 Å². The number of hydrogen-bond acceptors (Lipinski definition) is 3. The van der Waals surface area contributed by atoms with Gasteiger partial charge in [-0.25, -0.2) is 0 Å². The Bertz CT molecular complexity index is 310. The second kappa shape index (κ2) is 7.02. The summed E-state index contributed by atoms with van der Waals surface area (Å²) in [5, 5.41) is 0. The monoisotopic (exact) mass is 293 g/mol. The predicted molar refractivity (Wildman–Crippen MR) is 76.7 cm³/mol. The van der Waals surface area contributed by atoms with Crippen molar-refractivity contribution in [2.24, 2.45) is 23.5 Å². The minimum atomic E-state index is -3.40. The van der Waals surface area contributed by atoms with Crippen molar-refractivity contribution in [3.05, 3.63) is 0 Å². The Balaban J connectivity index is 2.64. The normalized spacial score (nSPS) is 26.5. The van der Waals surface area contributed by atoms with Crippen LogP contribution in [-0.4, -0.2) is 23.5 Å². The number of carbonyl (C=O) groups excluding carboxylic acids is 1. The molecule has 0 aliphatic heterocycles. The van der Waals surface area contributed by atoms with E-state index < -0.39 is 23.5 Å². The maximum atomic E-state index is 13.3. The summed E-state index contributed by atoms with van der Waals surface area (Å²) in [7, 11) is 0. The van der Waals surface area contributed by atoms with E-state index in [1.807, 2.05) is 0 Å². The lowest BCUT2D eigenvalue weighted by atomic mass is 9.71. The lowest BCUT2D eigenvalue weighted by Crippen LogP contribution is -2.46. The predicted octanol–water partition coefficient (Wildman–Crippen LogP) is 3.30. The standard InChI is InChI=1S/C14H25F2NOS/c1-9(2)11-6-4-3-5-10(11)7-12(17)13(18)14(15,16)8-19/h9-12,19H,3-8,17H2,1-2H3/t10?,11?,12-/m0/s1. The molecule has 0 aromatic heterocycles. The van der Waals surface area contributed by atoms with E-state index in [0.717, 1.165) is 19.3 Å². The molecule has 2 unspecified atom stereocenters. The first-order valence-corrected chi connectivity index (χ1v) is 7.71. The highest BCUT2D eigenvalue weighted by atomic mass is 32.1. The molecule has 1 aliphatic carbocycles. The Morgan fingerprint density at radius 3 is 2.47 bits per heavy atom. The number of nitrogens with two attached hydrogens (primary N) is 1. The van der Waals surface area contributed by atoms with Crippen molar-refractivity contribution in [3.8, 4) is 0 Å². The zero-order valence-electron chi connectivity index (χ0n) is 11.7. The van der Waals surface area contributed by atoms with E-state index in [0.29, 0.717) is 24.2 Å². The summed E-state index contributed by atoms with van der Waals surface area (Å²) in [6, 6.07) is -1.06. The van der Waals surface area contributed by atoms with Crippen LogP contribution in [0.4, 0.5) is 8.78 Å². The van der Waals surface area contributed by atoms with Crippen molar-refractivity contribution in [1.29, 1.82) is 0 Å². The third-order valence-corrected chi connectivity index (χ3v) is 4.67. The van der Waals surface area contributed by atoms with E-state index in [-0.39, 0.29) is 0 Å². The highest BCUT2D eigenvalue weighted by Gasteiger charge is 2.41. The Hall–Kier alpha value is -0.160. The molecule has 5 heteroatoms. The minimum Gasteiger partial charge on any atom is -0.321 e. The van der Waals surface area contributed by atoms with Crippen LogP contribution in [0.5, 0.6) is 0 Å². The largest absolute Gasteiger partial charge is 0.321 e. The summed E-state index contributed by atoms with van der Waals surface area (Å²) >= 11 is 3.53. The lowest BCUT2D eigenvalue weighted by Gasteiger charge is -2.36. The first kappa shape index (κ1) is 16.9. The molecule has 2 nitrogen and oxygen atoms in total. The maximum Gasteiger partial charge on any atom is 0.315 e. The Morgan fingerprint density at radius 1 is 1.37 bits per heavy atom. The highest BCUT2D eigenvalue weighted by Crippen LogP contribution is 2.38. The molecule has 19 heavy (non-hydrogen) atoms. The molecule has 0 aromatic carbocycles. The van der Waals surface area contributed by atoms with Gasteiger partial charge in [0, 0.05) is 0 Å². The van der Waals surface area contributed by atoms with Gasteiger partial charge in [-0.1, -0.05) is 33.1 Å². The zero-order chi connectivity index (χ0) is 14.6. The number of thiol groups is 1. The summed E-state index contributed by atoms with van der Waals surface area (Å²) in [6.45, 7) is 4.30. The fourth-order valence-electron chi connectivity index (χ4n) is 3.19. The van der Waals surface area contributed by atoms with Gasteiger partial charge in [0.15, 0.2) is 0 Å². The van der Waals surface area contributed by atoms with E-state index >= 15 is 0 Å². The SMILES string of the molecule is CC(C)C1CCCCC1C[C@H](N)C(=O)C(F)(F)CS. The van der Waals surface area contributed by atoms with Gasteiger partial charge in [0.1, 0.15) is 0 Å². The van der Waals surface area contributed by atoms with Gasteiger partial charge in [-0.3, -0.25) is 4.79 Å². The molecule has 0 saturated heterocycles. The quantitative estimate of drug-likeness (QED) is 0.738. The van der Waals surface area contributed by atoms with E-state index in [9.17, 15) is 13.6 Å². The summed E-state index contributed by atoms with van der Waals surface area (Å²) in [5.41, 5.74) is 5.71. The van der Waals surface area contributed by atoms with E-state index in [2.05, 4.69) is 26.5 Å². The molecule has 0 heterocycles. The molecular formula is C14H25F2NOS. The molecule has 0 aromatic rings. The topological polar surface area (TPSA) is 43.1 Å². The number of halogens is 2. The van der Waals surface area contributed by atoms with Crippen LogP contribution in [0.25, 0.3) is 0 Å². The van der Waals surface area contributed by atoms with Crippen LogP contribution in [0, 0.1) is 17.8 Å². The fraction of sp³-hybridized carbons (Fsp3) is 0.929. The third-order valence-electron chi connectivity index (χ3n) is 4.28. The lowest BCUT2D eigenvalue weighted by molar-refractivity contribution is -0.141. The third kappa shape index (κ3) is 4.42. The summed E-state index contributed by atoms with van der Waals surface area (Å²) in [5.74, 6) is -4.02. The number of rotatable bonds is 6. The van der Waals surface area contributed by atoms with E-state index in [1.54, 1.807) is 0 Å². The van der Waals surface area contributed by atoms with Crippen molar-refractivity contribution in [3.63, 3.8) is 0 Å². The molecular weight excluding hydrogens is 268 g/mol. The van der Waals surface area contributed by atoms with Crippen molar-refractivity contribution in [2.75, 3.05) is 5.75 Å². The second-order valence-electron chi connectivity index (χ2n) is 6.02. The molecule has 0 amide bonds. The van der Waals surface area contributed by atoms with Crippen molar-refractivity contribution < 1.29 is 13.6 Å². The maximum absolute atomic E-state index is 13.3. The molecule has 0 bridgehead atoms. The molecule has 1 saturated carbocycles. The van der Waals surface area contributed by atoms with Crippen molar-refractivity contribution >= 4 is 18.4 Å². The first-order chi connectivity index (χ1) is 8.79. The van der Waals surface area contributed by atoms with Crippen LogP contribution >= 0.6 is 12.6 Å². The number of alkyl halides is 2. The van der Waals surface area contributed by atoms with Crippen LogP contribution in [0.3, 0.4) is 0 Å². The zero-order valence-corrected chi connectivity index (χ0v) is 12.6. The Morgan fingerprint density at radius 2 is 1.95 bits per heavy atom. The number of hydrogen-bond donors (Lipinski definition) is 2. The van der Waals surface area contributed by atoms with E-state index in [4.69, 9.17) is 5.73 Å². The summed E-state index contributed by atoms with van der Waals surface area (Å²) < 4.78 is 26.6. The second-order valence-corrected chi connectivity index (χ2v) is 6.34. The van der Waals surface area contributed by atoms with Gasteiger partial charge in [0.05, 0.1) is 11.8 Å². The molecule has 1 fully saturated rings. The van der Waals surface area contributed by atoms with E-state index in [1.165, 1.54) is 6.42 Å². The Labute approximate surface area is 119 Å². The van der Waals surface area contributed by atoms with Gasteiger partial charge in [0.2, 0.25) is 5.78 Å². The molecule has 0 spiro atoms. The number of Topliss-reactive ketones (excluding diaryl/α,β-unsaturated/α-hetero) is 1. The average molecular weight is 293 g/mol. The van der Waals surface area contributed by atoms with Gasteiger partial charge in [0.25, 0.3) is 0 Å². The fourth-order valence-corrected chi connectivity index (χ4v) is 3.34. The molecule has 0 radical (unpaired) electrons. The Kier molecular flexibility index (Phi) is 6.24. The molecule has 2 N–H and O–H groups in total. The van der Waals surface area contributed by atoms with Gasteiger partial charge < -0.3 is 5.73 Å². The van der Waals surface area contributed by atoms with Crippen LogP contribution in [0.1, 0.15) is 46.0 Å². The highest BCUT2D eigenvalue weighted by molar-refractivity contribution is 7.80. The smallest absolute Gasteiger partial charge is 0.315 e. The summed E-state index contributed by atoms with van der Waals surface area (Å²) in [4.78, 5) is 11.6. The van der Waals surface area contributed by atoms with Gasteiger partial charge in [-0.15, -0.1) is 0 Å². The van der Waals surface area contributed by atoms with Crippen LogP contribution in [0.2, 0.25) is 0 Å². The molecule has 1 rings (SSSR count).